The lowest BCUT2D eigenvalue weighted by atomic mass is 9.98. The molecule has 4 nitrogen and oxygen atoms in total. The monoisotopic (exact) mass is 316 g/mol. The van der Waals surface area contributed by atoms with Crippen molar-refractivity contribution in [1.82, 2.24) is 9.88 Å². The summed E-state index contributed by atoms with van der Waals surface area (Å²) >= 11 is 1.64. The summed E-state index contributed by atoms with van der Waals surface area (Å²) in [5, 5.41) is 11.3. The molecule has 1 atom stereocenters. The second-order valence-corrected chi connectivity index (χ2v) is 6.70. The Bertz CT molecular complexity index is 655. The molecule has 2 aromatic rings. The number of carbonyl (C=O) groups is 1. The molecule has 1 fully saturated rings. The van der Waals surface area contributed by atoms with Gasteiger partial charge in [-0.15, -0.1) is 11.3 Å². The Kier molecular flexibility index (Phi) is 4.55. The van der Waals surface area contributed by atoms with Gasteiger partial charge in [-0.2, -0.15) is 0 Å². The minimum atomic E-state index is 0.0286. The number of piperidine rings is 1. The second-order valence-electron chi connectivity index (χ2n) is 5.75. The first-order valence-electron chi connectivity index (χ1n) is 7.60. The third-order valence-electron chi connectivity index (χ3n) is 4.15. The number of nitrogens with zero attached hydrogens (tertiary/aromatic N) is 2. The highest BCUT2D eigenvalue weighted by Crippen LogP contribution is 2.25. The van der Waals surface area contributed by atoms with E-state index in [1.54, 1.807) is 11.3 Å². The Morgan fingerprint density at radius 3 is 3.00 bits per heavy atom. The molecule has 0 bridgehead atoms. The van der Waals surface area contributed by atoms with Crippen LogP contribution in [0.1, 0.15) is 28.9 Å². The third kappa shape index (κ3) is 3.05. The maximum atomic E-state index is 12.7. The van der Waals surface area contributed by atoms with E-state index in [-0.39, 0.29) is 18.4 Å². The number of aliphatic hydroxyl groups is 1. The number of rotatable bonds is 3. The number of likely N-dealkylation sites (tertiary alicyclic amines) is 1. The number of hydrogen-bond donors (Lipinski definition) is 1. The van der Waals surface area contributed by atoms with E-state index in [0.29, 0.717) is 12.1 Å². The van der Waals surface area contributed by atoms with Gasteiger partial charge in [0.1, 0.15) is 0 Å². The first-order chi connectivity index (χ1) is 10.7. The Balaban J connectivity index is 1.81. The van der Waals surface area contributed by atoms with E-state index in [1.807, 2.05) is 41.5 Å². The number of aryl methyl sites for hydroxylation is 1. The number of hydrogen-bond acceptors (Lipinski definition) is 4. The summed E-state index contributed by atoms with van der Waals surface area (Å²) in [5.74, 6) is 0.234. The van der Waals surface area contributed by atoms with E-state index >= 15 is 0 Å². The van der Waals surface area contributed by atoms with Gasteiger partial charge >= 0.3 is 0 Å². The Hall–Kier alpha value is -1.72. The van der Waals surface area contributed by atoms with E-state index < -0.39 is 0 Å². The van der Waals surface area contributed by atoms with E-state index in [2.05, 4.69) is 4.98 Å². The van der Waals surface area contributed by atoms with Gasteiger partial charge < -0.3 is 10.0 Å². The van der Waals surface area contributed by atoms with Crippen LogP contribution in [-0.4, -0.2) is 40.6 Å². The maximum absolute atomic E-state index is 12.7. The van der Waals surface area contributed by atoms with Crippen molar-refractivity contribution in [3.05, 3.63) is 40.9 Å². The van der Waals surface area contributed by atoms with Crippen LogP contribution >= 0.6 is 11.3 Å². The molecule has 0 spiro atoms. The maximum Gasteiger partial charge on any atom is 0.255 e. The summed E-state index contributed by atoms with van der Waals surface area (Å²) < 4.78 is 0. The fraction of sp³-hybridized carbons (Fsp3) is 0.412. The van der Waals surface area contributed by atoms with Crippen LogP contribution in [0.3, 0.4) is 0 Å². The normalized spacial score (nSPS) is 18.5. The summed E-state index contributed by atoms with van der Waals surface area (Å²) in [6, 6.07) is 7.82. The largest absolute Gasteiger partial charge is 0.396 e. The molecule has 1 aliphatic rings. The van der Waals surface area contributed by atoms with E-state index in [1.165, 1.54) is 0 Å². The van der Waals surface area contributed by atoms with Crippen LogP contribution in [0, 0.1) is 12.8 Å². The highest BCUT2D eigenvalue weighted by Gasteiger charge is 2.25. The number of thiophene rings is 1. The molecule has 0 aliphatic carbocycles. The van der Waals surface area contributed by atoms with Gasteiger partial charge in [0, 0.05) is 19.7 Å². The molecule has 1 saturated heterocycles. The van der Waals surface area contributed by atoms with Crippen LogP contribution in [0.15, 0.2) is 29.6 Å². The van der Waals surface area contributed by atoms with Gasteiger partial charge in [0.2, 0.25) is 0 Å². The highest BCUT2D eigenvalue weighted by molar-refractivity contribution is 7.13. The standard InChI is InChI=1S/C17H20N2O2S/c1-12-14(6-7-15(18-12)16-5-3-9-22-16)17(21)19-8-2-4-13(10-19)11-20/h3,5-7,9,13,20H,2,4,8,10-11H2,1H3. The van der Waals surface area contributed by atoms with Gasteiger partial charge in [-0.1, -0.05) is 6.07 Å². The van der Waals surface area contributed by atoms with Crippen molar-refractivity contribution in [2.24, 2.45) is 5.92 Å². The summed E-state index contributed by atoms with van der Waals surface area (Å²) in [7, 11) is 0. The molecule has 0 saturated carbocycles. The molecule has 1 amide bonds. The van der Waals surface area contributed by atoms with Crippen LogP contribution in [0.25, 0.3) is 10.6 Å². The number of amides is 1. The average molecular weight is 316 g/mol. The van der Waals surface area contributed by atoms with Crippen molar-refractivity contribution in [2.75, 3.05) is 19.7 Å². The number of carbonyl (C=O) groups excluding carboxylic acids is 1. The Labute approximate surface area is 134 Å². The van der Waals surface area contributed by atoms with Crippen LogP contribution in [0.4, 0.5) is 0 Å². The van der Waals surface area contributed by atoms with Crippen molar-refractivity contribution in [2.45, 2.75) is 19.8 Å². The summed E-state index contributed by atoms with van der Waals surface area (Å²) in [6.07, 6.45) is 1.95. The highest BCUT2D eigenvalue weighted by atomic mass is 32.1. The molecule has 2 aromatic heterocycles. The molecular weight excluding hydrogens is 296 g/mol. The fourth-order valence-corrected chi connectivity index (χ4v) is 3.61. The first kappa shape index (κ1) is 15.2. The van der Waals surface area contributed by atoms with Crippen molar-refractivity contribution < 1.29 is 9.90 Å². The quantitative estimate of drug-likeness (QED) is 0.947. The predicted octanol–water partition coefficient (Wildman–Crippen LogP) is 2.96. The van der Waals surface area contributed by atoms with Gasteiger partial charge in [-0.05, 0) is 49.3 Å². The van der Waals surface area contributed by atoms with Crippen LogP contribution in [0.2, 0.25) is 0 Å². The Morgan fingerprint density at radius 2 is 2.32 bits per heavy atom. The molecular formula is C17H20N2O2S. The van der Waals surface area contributed by atoms with Gasteiger partial charge in [-0.3, -0.25) is 9.78 Å². The molecule has 22 heavy (non-hydrogen) atoms. The van der Waals surface area contributed by atoms with E-state index in [9.17, 15) is 9.90 Å². The van der Waals surface area contributed by atoms with Gasteiger partial charge in [0.25, 0.3) is 5.91 Å². The van der Waals surface area contributed by atoms with Gasteiger partial charge in [0.15, 0.2) is 0 Å². The number of pyridine rings is 1. The van der Waals surface area contributed by atoms with Crippen molar-refractivity contribution in [3.8, 4) is 10.6 Å². The lowest BCUT2D eigenvalue weighted by Gasteiger charge is -2.32. The Morgan fingerprint density at radius 1 is 1.45 bits per heavy atom. The summed E-state index contributed by atoms with van der Waals surface area (Å²) in [4.78, 5) is 20.2. The topological polar surface area (TPSA) is 53.4 Å². The smallest absolute Gasteiger partial charge is 0.255 e. The first-order valence-corrected chi connectivity index (χ1v) is 8.48. The molecule has 1 aliphatic heterocycles. The number of aromatic nitrogens is 1. The zero-order chi connectivity index (χ0) is 15.5. The van der Waals surface area contributed by atoms with Crippen LogP contribution in [0.5, 0.6) is 0 Å². The summed E-state index contributed by atoms with van der Waals surface area (Å²) in [5.41, 5.74) is 2.34. The van der Waals surface area contributed by atoms with E-state index in [0.717, 1.165) is 35.7 Å². The van der Waals surface area contributed by atoms with Crippen LogP contribution in [-0.2, 0) is 0 Å². The third-order valence-corrected chi connectivity index (χ3v) is 5.05. The minimum Gasteiger partial charge on any atom is -0.396 e. The van der Waals surface area contributed by atoms with Crippen molar-refractivity contribution in [1.29, 1.82) is 0 Å². The van der Waals surface area contributed by atoms with Crippen LogP contribution < -0.4 is 0 Å². The van der Waals surface area contributed by atoms with Gasteiger partial charge in [-0.25, -0.2) is 0 Å². The summed E-state index contributed by atoms with van der Waals surface area (Å²) in [6.45, 7) is 3.44. The van der Waals surface area contributed by atoms with Gasteiger partial charge in [0.05, 0.1) is 21.8 Å². The van der Waals surface area contributed by atoms with Crippen molar-refractivity contribution in [3.63, 3.8) is 0 Å². The molecule has 0 aromatic carbocycles. The molecule has 1 N–H and O–H groups in total. The minimum absolute atomic E-state index is 0.0286. The lowest BCUT2D eigenvalue weighted by molar-refractivity contribution is 0.0619. The molecule has 5 heteroatoms. The van der Waals surface area contributed by atoms with Crippen molar-refractivity contribution >= 4 is 17.2 Å². The zero-order valence-corrected chi connectivity index (χ0v) is 13.5. The average Bonchev–Trinajstić information content (AvgIpc) is 3.08. The molecule has 3 heterocycles. The zero-order valence-electron chi connectivity index (χ0n) is 12.7. The molecule has 1 unspecified atom stereocenters. The SMILES string of the molecule is Cc1nc(-c2cccs2)ccc1C(=O)N1CCCC(CO)C1. The lowest BCUT2D eigenvalue weighted by Crippen LogP contribution is -2.41. The number of aliphatic hydroxyl groups excluding tert-OH is 1. The molecule has 0 radical (unpaired) electrons. The van der Waals surface area contributed by atoms with E-state index in [4.69, 9.17) is 0 Å². The predicted molar refractivity (Wildman–Crippen MR) is 88.0 cm³/mol. The molecule has 116 valence electrons. The fourth-order valence-electron chi connectivity index (χ4n) is 2.92. The molecule has 3 rings (SSSR count). The second kappa shape index (κ2) is 6.58.